The first-order valence-corrected chi connectivity index (χ1v) is 10.3. The Balaban J connectivity index is 1.53. The van der Waals surface area contributed by atoms with Crippen molar-refractivity contribution in [2.75, 3.05) is 0 Å². The van der Waals surface area contributed by atoms with Crippen molar-refractivity contribution in [1.29, 1.82) is 0 Å². The molecular weight excluding hydrogens is 404 g/mol. The fraction of sp³-hybridized carbons (Fsp3) is 0.160. The molecule has 2 amide bonds. The van der Waals surface area contributed by atoms with Crippen LogP contribution in [0.4, 0.5) is 0 Å². The fourth-order valence-electron chi connectivity index (χ4n) is 3.72. The molecule has 0 spiro atoms. The van der Waals surface area contributed by atoms with Crippen molar-refractivity contribution in [3.63, 3.8) is 0 Å². The van der Waals surface area contributed by atoms with Crippen LogP contribution in [0, 0.1) is 0 Å². The van der Waals surface area contributed by atoms with Gasteiger partial charge in [-0.1, -0.05) is 66.7 Å². The number of aliphatic hydroxyl groups is 1. The number of imidazole rings is 1. The van der Waals surface area contributed by atoms with Gasteiger partial charge in [0.05, 0.1) is 18.6 Å². The van der Waals surface area contributed by atoms with Crippen LogP contribution in [0.25, 0.3) is 10.8 Å². The Kier molecular flexibility index (Phi) is 6.28. The van der Waals surface area contributed by atoms with E-state index in [1.165, 1.54) is 6.20 Å². The van der Waals surface area contributed by atoms with Crippen molar-refractivity contribution in [3.05, 3.63) is 102 Å². The van der Waals surface area contributed by atoms with Crippen LogP contribution in [0.1, 0.15) is 21.6 Å². The number of nitrogens with two attached hydrogens (primary N) is 1. The van der Waals surface area contributed by atoms with E-state index in [4.69, 9.17) is 5.73 Å². The van der Waals surface area contributed by atoms with Crippen LogP contribution in [0.5, 0.6) is 0 Å². The number of carbonyl (C=O) groups is 2. The van der Waals surface area contributed by atoms with Gasteiger partial charge >= 0.3 is 0 Å². The van der Waals surface area contributed by atoms with Crippen LogP contribution in [0.15, 0.2) is 85.3 Å². The van der Waals surface area contributed by atoms with E-state index in [1.807, 2.05) is 66.7 Å². The van der Waals surface area contributed by atoms with Gasteiger partial charge < -0.3 is 20.7 Å². The van der Waals surface area contributed by atoms with Gasteiger partial charge in [-0.25, -0.2) is 4.98 Å². The van der Waals surface area contributed by atoms with Crippen LogP contribution in [-0.4, -0.2) is 38.6 Å². The van der Waals surface area contributed by atoms with Gasteiger partial charge in [-0.2, -0.15) is 0 Å². The highest BCUT2D eigenvalue weighted by atomic mass is 16.3. The minimum absolute atomic E-state index is 0.259. The molecule has 0 radical (unpaired) electrons. The maximum atomic E-state index is 13.0. The number of benzene rings is 3. The van der Waals surface area contributed by atoms with Crippen LogP contribution < -0.4 is 11.1 Å². The highest BCUT2D eigenvalue weighted by Gasteiger charge is 2.27. The van der Waals surface area contributed by atoms with Crippen LogP contribution in [0.3, 0.4) is 0 Å². The summed E-state index contributed by atoms with van der Waals surface area (Å²) >= 11 is 0. The Hall–Kier alpha value is -3.97. The van der Waals surface area contributed by atoms with Gasteiger partial charge in [0, 0.05) is 6.54 Å². The van der Waals surface area contributed by atoms with E-state index in [9.17, 15) is 14.7 Å². The highest BCUT2D eigenvalue weighted by Crippen LogP contribution is 2.17. The van der Waals surface area contributed by atoms with Gasteiger partial charge in [0.1, 0.15) is 5.69 Å². The Morgan fingerprint density at radius 2 is 1.69 bits per heavy atom. The Bertz CT molecular complexity index is 1240. The van der Waals surface area contributed by atoms with Gasteiger partial charge in [-0.15, -0.1) is 0 Å². The van der Waals surface area contributed by atoms with Crippen LogP contribution in [0.2, 0.25) is 0 Å². The lowest BCUT2D eigenvalue weighted by atomic mass is 10.0. The molecule has 0 bridgehead atoms. The number of nitrogens with one attached hydrogen (secondary N) is 1. The van der Waals surface area contributed by atoms with E-state index in [0.29, 0.717) is 12.2 Å². The Morgan fingerprint density at radius 1 is 0.969 bits per heavy atom. The summed E-state index contributed by atoms with van der Waals surface area (Å²) in [4.78, 5) is 28.8. The number of nitrogens with zero attached hydrogens (tertiary/aromatic N) is 2. The summed E-state index contributed by atoms with van der Waals surface area (Å²) in [6.45, 7) is 0.454. The molecule has 4 aromatic rings. The zero-order valence-electron chi connectivity index (χ0n) is 17.4. The molecule has 3 aromatic carbocycles. The molecule has 7 nitrogen and oxygen atoms in total. The lowest BCUT2D eigenvalue weighted by molar-refractivity contribution is -0.127. The second-order valence-corrected chi connectivity index (χ2v) is 7.71. The van der Waals surface area contributed by atoms with Crippen LogP contribution >= 0.6 is 0 Å². The minimum atomic E-state index is -1.52. The minimum Gasteiger partial charge on any atom is -0.381 e. The summed E-state index contributed by atoms with van der Waals surface area (Å²) in [5, 5.41) is 15.3. The maximum absolute atomic E-state index is 13.0. The number of amides is 2. The van der Waals surface area contributed by atoms with Gasteiger partial charge in [-0.05, 0) is 34.4 Å². The third-order valence-corrected chi connectivity index (χ3v) is 5.40. The Labute approximate surface area is 185 Å². The Morgan fingerprint density at radius 3 is 2.44 bits per heavy atom. The summed E-state index contributed by atoms with van der Waals surface area (Å²) < 4.78 is 1.73. The second-order valence-electron chi connectivity index (χ2n) is 7.71. The quantitative estimate of drug-likeness (QED) is 0.400. The number of rotatable bonds is 8. The predicted octanol–water partition coefficient (Wildman–Crippen LogP) is 2.27. The molecule has 0 aliphatic carbocycles. The predicted molar refractivity (Wildman–Crippen MR) is 122 cm³/mol. The molecule has 0 aliphatic heterocycles. The number of primary amides is 1. The molecule has 1 heterocycles. The second kappa shape index (κ2) is 9.45. The lowest BCUT2D eigenvalue weighted by Crippen LogP contribution is -2.50. The number of aliphatic hydroxyl groups excluding tert-OH is 1. The fourth-order valence-corrected chi connectivity index (χ4v) is 3.72. The molecule has 7 heteroatoms. The number of fused-ring (bicyclic) bond motifs is 1. The molecule has 4 N–H and O–H groups in total. The summed E-state index contributed by atoms with van der Waals surface area (Å²) in [5.74, 6) is -1.33. The first-order valence-electron chi connectivity index (χ1n) is 10.3. The van der Waals surface area contributed by atoms with E-state index >= 15 is 0 Å². The third-order valence-electron chi connectivity index (χ3n) is 5.40. The summed E-state index contributed by atoms with van der Waals surface area (Å²) in [5.41, 5.74) is 7.52. The molecule has 0 aliphatic rings. The summed E-state index contributed by atoms with van der Waals surface area (Å²) in [6.07, 6.45) is 1.79. The zero-order valence-corrected chi connectivity index (χ0v) is 17.4. The normalized spacial score (nSPS) is 12.9. The molecular formula is C25H24N4O3. The van der Waals surface area contributed by atoms with E-state index in [0.717, 1.165) is 21.9 Å². The maximum Gasteiger partial charge on any atom is 0.269 e. The van der Waals surface area contributed by atoms with Gasteiger partial charge in [0.15, 0.2) is 6.10 Å². The first-order chi connectivity index (χ1) is 15.5. The zero-order chi connectivity index (χ0) is 22.5. The standard InChI is InChI=1S/C25H24N4O3/c26-24(31)23(30)21(13-17-6-2-1-3-7-17)28-25(32)22-14-27-16-29(22)15-18-10-11-19-8-4-5-9-20(19)12-18/h1-12,14,16,21,23,30H,13,15H2,(H2,26,31)(H,28,32)/t21?,23-/m0/s1. The van der Waals surface area contributed by atoms with E-state index in [-0.39, 0.29) is 6.42 Å². The van der Waals surface area contributed by atoms with E-state index < -0.39 is 24.0 Å². The largest absolute Gasteiger partial charge is 0.381 e. The van der Waals surface area contributed by atoms with Gasteiger partial charge in [-0.3, -0.25) is 9.59 Å². The molecule has 162 valence electrons. The van der Waals surface area contributed by atoms with Crippen molar-refractivity contribution >= 4 is 22.6 Å². The molecule has 4 rings (SSSR count). The monoisotopic (exact) mass is 428 g/mol. The highest BCUT2D eigenvalue weighted by molar-refractivity contribution is 5.93. The molecule has 1 unspecified atom stereocenters. The number of hydrogen-bond donors (Lipinski definition) is 3. The van der Waals surface area contributed by atoms with Crippen molar-refractivity contribution in [2.45, 2.75) is 25.1 Å². The number of hydrogen-bond acceptors (Lipinski definition) is 4. The van der Waals surface area contributed by atoms with Crippen molar-refractivity contribution in [3.8, 4) is 0 Å². The number of aromatic nitrogens is 2. The van der Waals surface area contributed by atoms with Crippen molar-refractivity contribution in [1.82, 2.24) is 14.9 Å². The van der Waals surface area contributed by atoms with Crippen molar-refractivity contribution in [2.24, 2.45) is 5.73 Å². The average Bonchev–Trinajstić information content (AvgIpc) is 3.27. The molecule has 1 aromatic heterocycles. The molecule has 0 fully saturated rings. The smallest absolute Gasteiger partial charge is 0.269 e. The molecule has 0 saturated carbocycles. The molecule has 0 saturated heterocycles. The molecule has 2 atom stereocenters. The van der Waals surface area contributed by atoms with E-state index in [2.05, 4.69) is 16.4 Å². The third kappa shape index (κ3) is 4.84. The topological polar surface area (TPSA) is 110 Å². The first kappa shape index (κ1) is 21.3. The summed E-state index contributed by atoms with van der Waals surface area (Å²) in [7, 11) is 0. The SMILES string of the molecule is NC(=O)[C@@H](O)C(Cc1ccccc1)NC(=O)c1cncn1Cc1ccc2ccccc2c1. The number of carbonyl (C=O) groups excluding carboxylic acids is 2. The van der Waals surface area contributed by atoms with E-state index in [1.54, 1.807) is 10.9 Å². The van der Waals surface area contributed by atoms with Crippen molar-refractivity contribution < 1.29 is 14.7 Å². The summed E-state index contributed by atoms with van der Waals surface area (Å²) in [6, 6.07) is 22.6. The average molecular weight is 428 g/mol. The van der Waals surface area contributed by atoms with Gasteiger partial charge in [0.25, 0.3) is 5.91 Å². The molecule has 32 heavy (non-hydrogen) atoms. The lowest BCUT2D eigenvalue weighted by Gasteiger charge is -2.22. The van der Waals surface area contributed by atoms with Crippen LogP contribution in [-0.2, 0) is 17.8 Å². The van der Waals surface area contributed by atoms with Gasteiger partial charge in [0.2, 0.25) is 5.91 Å².